The van der Waals surface area contributed by atoms with Crippen molar-refractivity contribution in [3.63, 3.8) is 0 Å². The number of nitrogens with one attached hydrogen (secondary N) is 1. The van der Waals surface area contributed by atoms with Crippen LogP contribution in [0.5, 0.6) is 0 Å². The van der Waals surface area contributed by atoms with Crippen LogP contribution in [0.1, 0.15) is 11.1 Å². The van der Waals surface area contributed by atoms with Crippen LogP contribution in [-0.4, -0.2) is 28.4 Å². The van der Waals surface area contributed by atoms with Gasteiger partial charge in [0, 0.05) is 6.54 Å². The maximum absolute atomic E-state index is 11.6. The zero-order chi connectivity index (χ0) is 13.5. The van der Waals surface area contributed by atoms with Crippen molar-refractivity contribution in [2.24, 2.45) is 0 Å². The number of aryl methyl sites for hydroxylation is 1. The fraction of sp³-hybridized carbons (Fsp3) is 0.308. The van der Waals surface area contributed by atoms with Gasteiger partial charge in [0.25, 0.3) is 0 Å². The maximum atomic E-state index is 11.6. The minimum Gasteiger partial charge on any atom is -0.355 e. The lowest BCUT2D eigenvalue weighted by molar-refractivity contribution is -0.118. The van der Waals surface area contributed by atoms with E-state index in [2.05, 4.69) is 34.6 Å². The molecular formula is C13H15N3OS2. The van der Waals surface area contributed by atoms with Crippen molar-refractivity contribution in [1.29, 1.82) is 0 Å². The van der Waals surface area contributed by atoms with Gasteiger partial charge in [-0.3, -0.25) is 4.79 Å². The largest absolute Gasteiger partial charge is 0.355 e. The predicted molar refractivity (Wildman–Crippen MR) is 78.5 cm³/mol. The van der Waals surface area contributed by atoms with Gasteiger partial charge in [0.15, 0.2) is 4.34 Å². The van der Waals surface area contributed by atoms with E-state index in [0.29, 0.717) is 12.3 Å². The van der Waals surface area contributed by atoms with Gasteiger partial charge < -0.3 is 5.32 Å². The van der Waals surface area contributed by atoms with E-state index >= 15 is 0 Å². The second kappa shape index (κ2) is 7.25. The molecule has 0 atom stereocenters. The minimum atomic E-state index is 0.0359. The van der Waals surface area contributed by atoms with E-state index in [-0.39, 0.29) is 5.91 Å². The number of aromatic nitrogens is 2. The van der Waals surface area contributed by atoms with Crippen molar-refractivity contribution in [1.82, 2.24) is 15.5 Å². The number of thioether (sulfide) groups is 1. The zero-order valence-corrected chi connectivity index (χ0v) is 12.3. The van der Waals surface area contributed by atoms with E-state index < -0.39 is 0 Å². The normalized spacial score (nSPS) is 10.4. The van der Waals surface area contributed by atoms with Crippen molar-refractivity contribution in [3.05, 3.63) is 40.9 Å². The van der Waals surface area contributed by atoms with Gasteiger partial charge in [0.05, 0.1) is 5.75 Å². The van der Waals surface area contributed by atoms with Gasteiger partial charge >= 0.3 is 0 Å². The Hall–Kier alpha value is -1.40. The molecule has 0 radical (unpaired) electrons. The van der Waals surface area contributed by atoms with Crippen LogP contribution < -0.4 is 5.32 Å². The summed E-state index contributed by atoms with van der Waals surface area (Å²) in [6.07, 6.45) is 0.863. The molecule has 19 heavy (non-hydrogen) atoms. The Morgan fingerprint density at radius 1 is 1.42 bits per heavy atom. The Morgan fingerprint density at radius 3 is 3.00 bits per heavy atom. The van der Waals surface area contributed by atoms with Gasteiger partial charge in [-0.2, -0.15) is 0 Å². The van der Waals surface area contributed by atoms with Gasteiger partial charge in [0.2, 0.25) is 5.91 Å². The van der Waals surface area contributed by atoms with Crippen LogP contribution in [0.25, 0.3) is 0 Å². The Balaban J connectivity index is 1.68. The molecule has 0 aliphatic heterocycles. The van der Waals surface area contributed by atoms with Gasteiger partial charge in [-0.1, -0.05) is 47.4 Å². The first kappa shape index (κ1) is 14.0. The Kier molecular flexibility index (Phi) is 5.35. The molecule has 0 spiro atoms. The molecule has 2 aromatic rings. The highest BCUT2D eigenvalue weighted by atomic mass is 32.2. The number of hydrogen-bond acceptors (Lipinski definition) is 5. The van der Waals surface area contributed by atoms with Crippen molar-refractivity contribution in [3.8, 4) is 0 Å². The fourth-order valence-corrected chi connectivity index (χ4v) is 2.95. The third kappa shape index (κ3) is 4.65. The maximum Gasteiger partial charge on any atom is 0.230 e. The average molecular weight is 293 g/mol. The highest BCUT2D eigenvalue weighted by Gasteiger charge is 2.05. The Labute approximate surface area is 120 Å². The molecular weight excluding hydrogens is 278 g/mol. The highest BCUT2D eigenvalue weighted by molar-refractivity contribution is 8.01. The van der Waals surface area contributed by atoms with Crippen molar-refractivity contribution in [2.75, 3.05) is 12.3 Å². The summed E-state index contributed by atoms with van der Waals surface area (Å²) in [5, 5.41) is 10.5. The first-order valence-electron chi connectivity index (χ1n) is 5.96. The van der Waals surface area contributed by atoms with E-state index in [1.165, 1.54) is 34.2 Å². The molecule has 0 saturated carbocycles. The van der Waals surface area contributed by atoms with E-state index in [0.717, 1.165) is 10.8 Å². The topological polar surface area (TPSA) is 54.9 Å². The fourth-order valence-electron chi connectivity index (χ4n) is 1.63. The SMILES string of the molecule is Cc1ccccc1CCNC(=O)CSc1nncs1. The molecule has 1 amide bonds. The highest BCUT2D eigenvalue weighted by Crippen LogP contribution is 2.18. The number of carbonyl (C=O) groups is 1. The second-order valence-corrected chi connectivity index (χ2v) is 6.08. The lowest BCUT2D eigenvalue weighted by Gasteiger charge is -2.06. The number of benzene rings is 1. The number of carbonyl (C=O) groups excluding carboxylic acids is 1. The van der Waals surface area contributed by atoms with Gasteiger partial charge in [0.1, 0.15) is 5.51 Å². The van der Waals surface area contributed by atoms with E-state index in [4.69, 9.17) is 0 Å². The summed E-state index contributed by atoms with van der Waals surface area (Å²) < 4.78 is 0.828. The summed E-state index contributed by atoms with van der Waals surface area (Å²) in [5.41, 5.74) is 4.21. The number of rotatable bonds is 6. The van der Waals surface area contributed by atoms with Crippen molar-refractivity contribution >= 4 is 29.0 Å². The van der Waals surface area contributed by atoms with Crippen LogP contribution in [0.2, 0.25) is 0 Å². The van der Waals surface area contributed by atoms with E-state index in [9.17, 15) is 4.79 Å². The molecule has 2 rings (SSSR count). The molecule has 100 valence electrons. The summed E-state index contributed by atoms with van der Waals surface area (Å²) in [4.78, 5) is 11.6. The smallest absolute Gasteiger partial charge is 0.230 e. The summed E-state index contributed by atoms with van der Waals surface area (Å²) in [6.45, 7) is 2.75. The summed E-state index contributed by atoms with van der Waals surface area (Å²) in [7, 11) is 0. The standard InChI is InChI=1S/C13H15N3OS2/c1-10-4-2-3-5-11(10)6-7-14-12(17)8-18-13-16-15-9-19-13/h2-5,9H,6-8H2,1H3,(H,14,17). The molecule has 1 aromatic heterocycles. The molecule has 6 heteroatoms. The van der Waals surface area contributed by atoms with Crippen LogP contribution in [0, 0.1) is 6.92 Å². The van der Waals surface area contributed by atoms with Crippen LogP contribution in [0.3, 0.4) is 0 Å². The molecule has 1 N–H and O–H groups in total. The molecule has 0 fully saturated rings. The summed E-state index contributed by atoms with van der Waals surface area (Å²) in [5.74, 6) is 0.428. The third-order valence-electron chi connectivity index (χ3n) is 2.64. The molecule has 0 unspecified atom stereocenters. The Morgan fingerprint density at radius 2 is 2.26 bits per heavy atom. The average Bonchev–Trinajstić information content (AvgIpc) is 2.92. The van der Waals surface area contributed by atoms with Crippen molar-refractivity contribution < 1.29 is 4.79 Å². The summed E-state index contributed by atoms with van der Waals surface area (Å²) in [6, 6.07) is 8.23. The van der Waals surface area contributed by atoms with E-state index in [1.807, 2.05) is 12.1 Å². The predicted octanol–water partition coefficient (Wildman–Crippen LogP) is 2.30. The number of hydrogen-bond donors (Lipinski definition) is 1. The van der Waals surface area contributed by atoms with Crippen LogP contribution in [0.4, 0.5) is 0 Å². The molecule has 1 aromatic carbocycles. The van der Waals surface area contributed by atoms with E-state index in [1.54, 1.807) is 5.51 Å². The van der Waals surface area contributed by atoms with Crippen LogP contribution in [0.15, 0.2) is 34.1 Å². The zero-order valence-electron chi connectivity index (χ0n) is 10.6. The van der Waals surface area contributed by atoms with Gasteiger partial charge in [-0.05, 0) is 24.5 Å². The minimum absolute atomic E-state index is 0.0359. The van der Waals surface area contributed by atoms with Crippen LogP contribution >= 0.6 is 23.1 Å². The molecule has 1 heterocycles. The molecule has 0 aliphatic rings. The monoisotopic (exact) mass is 293 g/mol. The molecule has 4 nitrogen and oxygen atoms in total. The third-order valence-corrected chi connectivity index (χ3v) is 4.50. The van der Waals surface area contributed by atoms with Crippen LogP contribution in [-0.2, 0) is 11.2 Å². The van der Waals surface area contributed by atoms with Gasteiger partial charge in [-0.15, -0.1) is 10.2 Å². The molecule has 0 saturated heterocycles. The molecule has 0 aliphatic carbocycles. The lowest BCUT2D eigenvalue weighted by atomic mass is 10.1. The quantitative estimate of drug-likeness (QED) is 0.830. The Bertz CT molecular complexity index is 528. The first-order chi connectivity index (χ1) is 9.25. The first-order valence-corrected chi connectivity index (χ1v) is 7.82. The van der Waals surface area contributed by atoms with Crippen molar-refractivity contribution in [2.45, 2.75) is 17.7 Å². The lowest BCUT2D eigenvalue weighted by Crippen LogP contribution is -2.27. The second-order valence-electron chi connectivity index (χ2n) is 4.02. The number of amides is 1. The number of nitrogens with zero attached hydrogens (tertiary/aromatic N) is 2. The summed E-state index contributed by atoms with van der Waals surface area (Å²) >= 11 is 2.87. The molecule has 0 bridgehead atoms. The van der Waals surface area contributed by atoms with Gasteiger partial charge in [-0.25, -0.2) is 0 Å².